The summed E-state index contributed by atoms with van der Waals surface area (Å²) in [6.07, 6.45) is 4.99. The normalized spacial score (nSPS) is 17.8. The number of hydrogen-bond donors (Lipinski definition) is 0. The lowest BCUT2D eigenvalue weighted by Gasteiger charge is -2.22. The molecule has 1 saturated carbocycles. The second-order valence-electron chi connectivity index (χ2n) is 3.23. The maximum Gasteiger partial charge on any atom is 0.0940 e. The lowest BCUT2D eigenvalue weighted by molar-refractivity contribution is 0.412. The summed E-state index contributed by atoms with van der Waals surface area (Å²) >= 11 is 7.40. The van der Waals surface area contributed by atoms with Crippen LogP contribution in [0.15, 0.2) is 5.38 Å². The molecule has 1 aromatic rings. The van der Waals surface area contributed by atoms with Crippen LogP contribution < -0.4 is 0 Å². The largest absolute Gasteiger partial charge is 0.246 e. The Morgan fingerprint density at radius 3 is 3.00 bits per heavy atom. The quantitative estimate of drug-likeness (QED) is 0.685. The number of nitrogens with zero attached hydrogens (tertiary/aromatic N) is 1. The summed E-state index contributed by atoms with van der Waals surface area (Å²) in [4.78, 5) is 4.56. The van der Waals surface area contributed by atoms with Gasteiger partial charge in [0.2, 0.25) is 0 Å². The van der Waals surface area contributed by atoms with E-state index in [4.69, 9.17) is 11.6 Å². The molecule has 1 aliphatic carbocycles. The maximum atomic E-state index is 5.64. The van der Waals surface area contributed by atoms with Crippen LogP contribution in [0.2, 0.25) is 0 Å². The van der Waals surface area contributed by atoms with E-state index in [1.54, 1.807) is 11.3 Å². The molecular weight excluding hydrogens is 190 g/mol. The fraction of sp³-hybridized carbons (Fsp3) is 0.667. The molecule has 0 bridgehead atoms. The van der Waals surface area contributed by atoms with Crippen LogP contribution >= 0.6 is 22.9 Å². The van der Waals surface area contributed by atoms with Crippen molar-refractivity contribution < 1.29 is 0 Å². The molecule has 1 fully saturated rings. The number of halogens is 1. The van der Waals surface area contributed by atoms with E-state index in [-0.39, 0.29) is 0 Å². The highest BCUT2D eigenvalue weighted by atomic mass is 35.5. The molecule has 0 saturated heterocycles. The summed E-state index contributed by atoms with van der Waals surface area (Å²) in [5, 5.41) is 3.40. The molecule has 0 aromatic carbocycles. The van der Waals surface area contributed by atoms with Crippen molar-refractivity contribution in [1.82, 2.24) is 4.98 Å². The number of rotatable bonds is 3. The molecule has 3 heteroatoms. The molecule has 12 heavy (non-hydrogen) atoms. The van der Waals surface area contributed by atoms with Crippen LogP contribution in [0.4, 0.5) is 0 Å². The average molecular weight is 202 g/mol. The second kappa shape index (κ2) is 3.75. The van der Waals surface area contributed by atoms with Crippen molar-refractivity contribution in [2.24, 2.45) is 0 Å². The Balaban J connectivity index is 2.02. The molecule has 0 spiro atoms. The third-order valence-electron chi connectivity index (χ3n) is 2.40. The molecule has 1 heterocycles. The Morgan fingerprint density at radius 1 is 1.58 bits per heavy atom. The summed E-state index contributed by atoms with van der Waals surface area (Å²) in [6, 6.07) is 0. The highest BCUT2D eigenvalue weighted by Crippen LogP contribution is 2.36. The number of alkyl halides is 1. The Hall–Kier alpha value is -0.0800. The Labute approximate surface area is 81.8 Å². The van der Waals surface area contributed by atoms with Crippen LogP contribution in [0, 0.1) is 0 Å². The lowest BCUT2D eigenvalue weighted by atomic mass is 9.83. The minimum Gasteiger partial charge on any atom is -0.246 e. The van der Waals surface area contributed by atoms with Gasteiger partial charge in [-0.25, -0.2) is 4.98 Å². The van der Waals surface area contributed by atoms with Gasteiger partial charge in [-0.3, -0.25) is 0 Å². The number of thiazole rings is 1. The molecule has 0 unspecified atom stereocenters. The molecule has 1 aliphatic rings. The number of aromatic nitrogens is 1. The van der Waals surface area contributed by atoms with Crippen LogP contribution in [0.25, 0.3) is 0 Å². The van der Waals surface area contributed by atoms with Gasteiger partial charge in [0.1, 0.15) is 0 Å². The molecule has 0 N–H and O–H groups in total. The van der Waals surface area contributed by atoms with Crippen molar-refractivity contribution in [2.45, 2.75) is 31.6 Å². The average Bonchev–Trinajstić information content (AvgIpc) is 2.34. The highest BCUT2D eigenvalue weighted by molar-refractivity contribution is 7.09. The Morgan fingerprint density at radius 2 is 2.42 bits per heavy atom. The van der Waals surface area contributed by atoms with Crippen molar-refractivity contribution in [3.63, 3.8) is 0 Å². The first-order valence-corrected chi connectivity index (χ1v) is 5.82. The van der Waals surface area contributed by atoms with Gasteiger partial charge in [0.05, 0.1) is 10.7 Å². The molecule has 0 amide bonds. The summed E-state index contributed by atoms with van der Waals surface area (Å²) in [5.74, 6) is 1.46. The van der Waals surface area contributed by atoms with Crippen molar-refractivity contribution in [3.8, 4) is 0 Å². The Bertz CT molecular complexity index is 255. The molecule has 0 atom stereocenters. The molecule has 1 nitrogen and oxygen atoms in total. The Kier molecular flexibility index (Phi) is 2.66. The second-order valence-corrected chi connectivity index (χ2v) is 4.55. The van der Waals surface area contributed by atoms with Crippen molar-refractivity contribution in [1.29, 1.82) is 0 Å². The fourth-order valence-electron chi connectivity index (χ4n) is 1.41. The smallest absolute Gasteiger partial charge is 0.0940 e. The van der Waals surface area contributed by atoms with Crippen LogP contribution in [0.5, 0.6) is 0 Å². The highest BCUT2D eigenvalue weighted by Gasteiger charge is 2.21. The molecule has 2 rings (SSSR count). The van der Waals surface area contributed by atoms with Crippen LogP contribution in [-0.2, 0) is 6.42 Å². The fourth-order valence-corrected chi connectivity index (χ4v) is 2.58. The van der Waals surface area contributed by atoms with E-state index in [0.717, 1.165) is 12.3 Å². The zero-order valence-electron chi connectivity index (χ0n) is 6.92. The third-order valence-corrected chi connectivity index (χ3v) is 3.52. The van der Waals surface area contributed by atoms with E-state index in [2.05, 4.69) is 10.4 Å². The summed E-state index contributed by atoms with van der Waals surface area (Å²) in [5.41, 5.74) is 1.31. The van der Waals surface area contributed by atoms with Crippen molar-refractivity contribution >= 4 is 22.9 Å². The van der Waals surface area contributed by atoms with Gasteiger partial charge in [-0.15, -0.1) is 22.9 Å². The summed E-state index contributed by atoms with van der Waals surface area (Å²) in [7, 11) is 0. The van der Waals surface area contributed by atoms with Crippen LogP contribution in [-0.4, -0.2) is 10.9 Å². The first-order valence-electron chi connectivity index (χ1n) is 4.40. The zero-order valence-corrected chi connectivity index (χ0v) is 8.50. The van der Waals surface area contributed by atoms with Gasteiger partial charge in [-0.2, -0.15) is 0 Å². The predicted octanol–water partition coefficient (Wildman–Crippen LogP) is 3.19. The minimum atomic E-state index is 0.692. The molecular formula is C9H12ClNS. The zero-order chi connectivity index (χ0) is 8.39. The van der Waals surface area contributed by atoms with Crippen LogP contribution in [0.3, 0.4) is 0 Å². The first kappa shape index (κ1) is 8.52. The van der Waals surface area contributed by atoms with E-state index in [1.807, 2.05) is 0 Å². The number of hydrogen-bond acceptors (Lipinski definition) is 2. The maximum absolute atomic E-state index is 5.64. The number of aryl methyl sites for hydroxylation is 1. The molecule has 1 aromatic heterocycles. The van der Waals surface area contributed by atoms with Gasteiger partial charge < -0.3 is 0 Å². The molecule has 66 valence electrons. The SMILES string of the molecule is ClCCc1nc(C2CCC2)cs1. The van der Waals surface area contributed by atoms with Gasteiger partial charge >= 0.3 is 0 Å². The van der Waals surface area contributed by atoms with E-state index < -0.39 is 0 Å². The summed E-state index contributed by atoms with van der Waals surface area (Å²) < 4.78 is 0. The summed E-state index contributed by atoms with van der Waals surface area (Å²) in [6.45, 7) is 0. The third kappa shape index (κ3) is 1.64. The monoisotopic (exact) mass is 201 g/mol. The van der Waals surface area contributed by atoms with E-state index >= 15 is 0 Å². The van der Waals surface area contributed by atoms with E-state index in [0.29, 0.717) is 5.88 Å². The van der Waals surface area contributed by atoms with E-state index in [9.17, 15) is 0 Å². The van der Waals surface area contributed by atoms with E-state index in [1.165, 1.54) is 30.0 Å². The van der Waals surface area contributed by atoms with Crippen molar-refractivity contribution in [3.05, 3.63) is 16.1 Å². The van der Waals surface area contributed by atoms with Crippen LogP contribution in [0.1, 0.15) is 35.9 Å². The standard InChI is InChI=1S/C9H12ClNS/c10-5-4-9-11-8(6-12-9)7-2-1-3-7/h6-7H,1-5H2. The van der Waals surface area contributed by atoms with Gasteiger partial charge in [-0.1, -0.05) is 6.42 Å². The first-order chi connectivity index (χ1) is 5.90. The topological polar surface area (TPSA) is 12.9 Å². The minimum absolute atomic E-state index is 0.692. The van der Waals surface area contributed by atoms with Gasteiger partial charge in [-0.05, 0) is 12.8 Å². The van der Waals surface area contributed by atoms with Gasteiger partial charge in [0.15, 0.2) is 0 Å². The molecule has 0 aliphatic heterocycles. The lowest BCUT2D eigenvalue weighted by Crippen LogP contribution is -2.08. The molecule has 0 radical (unpaired) electrons. The van der Waals surface area contributed by atoms with Gasteiger partial charge in [0, 0.05) is 23.6 Å². The van der Waals surface area contributed by atoms with Gasteiger partial charge in [0.25, 0.3) is 0 Å². The van der Waals surface area contributed by atoms with Crippen molar-refractivity contribution in [2.75, 3.05) is 5.88 Å². The predicted molar refractivity (Wildman–Crippen MR) is 53.1 cm³/mol.